The van der Waals surface area contributed by atoms with Gasteiger partial charge in [0.05, 0.1) is 5.41 Å². The molecule has 0 bridgehead atoms. The second-order valence-electron chi connectivity index (χ2n) is 6.72. The van der Waals surface area contributed by atoms with Crippen LogP contribution < -0.4 is 4.74 Å². The predicted octanol–water partition coefficient (Wildman–Crippen LogP) is 3.30. The third-order valence-corrected chi connectivity index (χ3v) is 4.94. The highest BCUT2D eigenvalue weighted by atomic mass is 16.5. The van der Waals surface area contributed by atoms with Crippen LogP contribution in [0.25, 0.3) is 0 Å². The van der Waals surface area contributed by atoms with Gasteiger partial charge in [-0.2, -0.15) is 0 Å². The number of likely N-dealkylation sites (N-methyl/N-ethyl adjacent to an activating group) is 1. The molecule has 0 saturated carbocycles. The highest BCUT2D eigenvalue weighted by molar-refractivity contribution is 5.89. The molecule has 4 heteroatoms. The van der Waals surface area contributed by atoms with Gasteiger partial charge in [-0.1, -0.05) is 54.6 Å². The Morgan fingerprint density at radius 3 is 2.69 bits per heavy atom. The summed E-state index contributed by atoms with van der Waals surface area (Å²) in [7, 11) is 1.81. The lowest BCUT2D eigenvalue weighted by Crippen LogP contribution is -2.44. The molecule has 1 N–H and O–H groups in total. The zero-order valence-corrected chi connectivity index (χ0v) is 15.1. The molecular formula is C22H25NO3. The summed E-state index contributed by atoms with van der Waals surface area (Å²) in [6.45, 7) is 1.03. The third kappa shape index (κ3) is 3.81. The summed E-state index contributed by atoms with van der Waals surface area (Å²) < 4.78 is 5.93. The van der Waals surface area contributed by atoms with Crippen LogP contribution in [0.3, 0.4) is 0 Å². The van der Waals surface area contributed by atoms with Gasteiger partial charge in [-0.25, -0.2) is 0 Å². The molecule has 0 aliphatic carbocycles. The number of allylic oxidation sites excluding steroid dienone is 1. The Morgan fingerprint density at radius 2 is 1.92 bits per heavy atom. The van der Waals surface area contributed by atoms with Crippen molar-refractivity contribution in [2.24, 2.45) is 0 Å². The molecule has 1 amide bonds. The second kappa shape index (κ2) is 8.19. The van der Waals surface area contributed by atoms with Crippen LogP contribution in [-0.2, 0) is 16.8 Å². The molecule has 1 aliphatic heterocycles. The van der Waals surface area contributed by atoms with Crippen LogP contribution >= 0.6 is 0 Å². The molecule has 2 aromatic carbocycles. The third-order valence-electron chi connectivity index (χ3n) is 4.94. The van der Waals surface area contributed by atoms with Gasteiger partial charge in [0.25, 0.3) is 0 Å². The number of benzene rings is 2. The predicted molar refractivity (Wildman–Crippen MR) is 102 cm³/mol. The minimum atomic E-state index is -0.747. The number of hydrogen-bond donors (Lipinski definition) is 1. The molecule has 4 nitrogen and oxygen atoms in total. The van der Waals surface area contributed by atoms with Crippen molar-refractivity contribution in [2.45, 2.75) is 24.9 Å². The molecule has 1 unspecified atom stereocenters. The SMILES string of the molecule is CN1CC=CCC(CCO)(c2cccc(OCc3ccccc3)c2)C1=O. The molecule has 3 rings (SSSR count). The maximum atomic E-state index is 13.1. The lowest BCUT2D eigenvalue weighted by Gasteiger charge is -2.34. The molecule has 0 saturated heterocycles. The maximum Gasteiger partial charge on any atom is 0.233 e. The van der Waals surface area contributed by atoms with Crippen molar-refractivity contribution in [3.63, 3.8) is 0 Å². The second-order valence-corrected chi connectivity index (χ2v) is 6.72. The normalized spacial score (nSPS) is 20.1. The number of aliphatic hydroxyl groups excluding tert-OH is 1. The molecule has 26 heavy (non-hydrogen) atoms. The van der Waals surface area contributed by atoms with Crippen molar-refractivity contribution in [2.75, 3.05) is 20.2 Å². The summed E-state index contributed by atoms with van der Waals surface area (Å²) in [6, 6.07) is 17.7. The van der Waals surface area contributed by atoms with E-state index in [9.17, 15) is 9.90 Å². The molecule has 2 aromatic rings. The standard InChI is InChI=1S/C22H25NO3/c1-23-14-6-5-12-22(13-15-24,21(23)25)19-10-7-11-20(16-19)26-17-18-8-3-2-4-9-18/h2-11,16,24H,12-15,17H2,1H3. The van der Waals surface area contributed by atoms with E-state index < -0.39 is 5.41 Å². The zero-order valence-electron chi connectivity index (χ0n) is 15.1. The van der Waals surface area contributed by atoms with Crippen LogP contribution in [0.4, 0.5) is 0 Å². The van der Waals surface area contributed by atoms with Gasteiger partial charge in [0, 0.05) is 20.2 Å². The van der Waals surface area contributed by atoms with Crippen molar-refractivity contribution in [3.8, 4) is 5.75 Å². The molecule has 1 heterocycles. The Bertz CT molecular complexity index is 772. The average molecular weight is 351 g/mol. The van der Waals surface area contributed by atoms with Gasteiger partial charge in [-0.05, 0) is 36.1 Å². The van der Waals surface area contributed by atoms with Crippen LogP contribution in [-0.4, -0.2) is 36.1 Å². The van der Waals surface area contributed by atoms with E-state index >= 15 is 0 Å². The lowest BCUT2D eigenvalue weighted by molar-refractivity contribution is -0.136. The first-order valence-corrected chi connectivity index (χ1v) is 8.94. The van der Waals surface area contributed by atoms with Crippen LogP contribution in [0.15, 0.2) is 66.7 Å². The van der Waals surface area contributed by atoms with Crippen LogP contribution in [0.5, 0.6) is 5.75 Å². The van der Waals surface area contributed by atoms with Crippen LogP contribution in [0, 0.1) is 0 Å². The fourth-order valence-electron chi connectivity index (χ4n) is 3.46. The van der Waals surface area contributed by atoms with E-state index in [2.05, 4.69) is 0 Å². The first kappa shape index (κ1) is 18.2. The van der Waals surface area contributed by atoms with Crippen LogP contribution in [0.1, 0.15) is 24.0 Å². The van der Waals surface area contributed by atoms with E-state index in [0.29, 0.717) is 26.0 Å². The topological polar surface area (TPSA) is 49.8 Å². The Labute approximate surface area is 154 Å². The number of hydrogen-bond acceptors (Lipinski definition) is 3. The fourth-order valence-corrected chi connectivity index (χ4v) is 3.46. The molecule has 136 valence electrons. The van der Waals surface area contributed by atoms with Crippen molar-refractivity contribution in [1.82, 2.24) is 4.90 Å². The fraction of sp³-hybridized carbons (Fsp3) is 0.318. The first-order chi connectivity index (χ1) is 12.7. The quantitative estimate of drug-likeness (QED) is 0.813. The van der Waals surface area contributed by atoms with Gasteiger partial charge in [0.1, 0.15) is 12.4 Å². The highest BCUT2D eigenvalue weighted by Gasteiger charge is 2.41. The molecule has 1 aliphatic rings. The van der Waals surface area contributed by atoms with Gasteiger partial charge in [0.15, 0.2) is 0 Å². The van der Waals surface area contributed by atoms with Crippen molar-refractivity contribution < 1.29 is 14.6 Å². The molecule has 0 fully saturated rings. The summed E-state index contributed by atoms with van der Waals surface area (Å²) in [4.78, 5) is 14.8. The van der Waals surface area contributed by atoms with Gasteiger partial charge >= 0.3 is 0 Å². The number of rotatable bonds is 6. The van der Waals surface area contributed by atoms with E-state index in [0.717, 1.165) is 16.9 Å². The number of carbonyl (C=O) groups is 1. The number of aliphatic hydroxyl groups is 1. The van der Waals surface area contributed by atoms with Gasteiger partial charge in [-0.3, -0.25) is 4.79 Å². The minimum Gasteiger partial charge on any atom is -0.489 e. The Kier molecular flexibility index (Phi) is 5.74. The molecule has 1 atom stereocenters. The lowest BCUT2D eigenvalue weighted by atomic mass is 9.74. The monoisotopic (exact) mass is 351 g/mol. The summed E-state index contributed by atoms with van der Waals surface area (Å²) in [5.41, 5.74) is 1.24. The van der Waals surface area contributed by atoms with Gasteiger partial charge in [-0.15, -0.1) is 0 Å². The molecule has 0 radical (unpaired) electrons. The van der Waals surface area contributed by atoms with Crippen molar-refractivity contribution in [1.29, 1.82) is 0 Å². The van der Waals surface area contributed by atoms with Crippen LogP contribution in [0.2, 0.25) is 0 Å². The average Bonchev–Trinajstić information content (AvgIpc) is 2.82. The van der Waals surface area contributed by atoms with Gasteiger partial charge < -0.3 is 14.7 Å². The molecule has 0 aromatic heterocycles. The number of nitrogens with zero attached hydrogens (tertiary/aromatic N) is 1. The Hall–Kier alpha value is -2.59. The van der Waals surface area contributed by atoms with E-state index in [-0.39, 0.29) is 12.5 Å². The largest absolute Gasteiger partial charge is 0.489 e. The molecule has 0 spiro atoms. The summed E-state index contributed by atoms with van der Waals surface area (Å²) in [6.07, 6.45) is 5.02. The first-order valence-electron chi connectivity index (χ1n) is 8.94. The van der Waals surface area contributed by atoms with Crippen molar-refractivity contribution >= 4 is 5.91 Å². The Balaban J connectivity index is 1.88. The molecular weight excluding hydrogens is 326 g/mol. The summed E-state index contributed by atoms with van der Waals surface area (Å²) in [5.74, 6) is 0.768. The van der Waals surface area contributed by atoms with E-state index in [4.69, 9.17) is 4.74 Å². The van der Waals surface area contributed by atoms with Gasteiger partial charge in [0.2, 0.25) is 5.91 Å². The number of ether oxygens (including phenoxy) is 1. The van der Waals surface area contributed by atoms with E-state index in [1.165, 1.54) is 0 Å². The maximum absolute atomic E-state index is 13.1. The minimum absolute atomic E-state index is 0.0387. The van der Waals surface area contributed by atoms with Crippen molar-refractivity contribution in [3.05, 3.63) is 77.9 Å². The van der Waals surface area contributed by atoms with E-state index in [1.807, 2.05) is 66.7 Å². The zero-order chi connectivity index (χ0) is 18.4. The number of carbonyl (C=O) groups excluding carboxylic acids is 1. The smallest absolute Gasteiger partial charge is 0.233 e. The summed E-state index contributed by atoms with van der Waals surface area (Å²) in [5, 5.41) is 9.64. The highest BCUT2D eigenvalue weighted by Crippen LogP contribution is 2.37. The number of amides is 1. The summed E-state index contributed by atoms with van der Waals surface area (Å²) >= 11 is 0. The Morgan fingerprint density at radius 1 is 1.12 bits per heavy atom. The van der Waals surface area contributed by atoms with E-state index in [1.54, 1.807) is 11.9 Å².